The topological polar surface area (TPSA) is 71.7 Å². The summed E-state index contributed by atoms with van der Waals surface area (Å²) in [5.74, 6) is 5.44. The molecule has 1 heterocycles. The lowest BCUT2D eigenvalue weighted by Crippen LogP contribution is -2.38. The van der Waals surface area contributed by atoms with Gasteiger partial charge in [-0.15, -0.1) is 30.4 Å². The minimum absolute atomic E-state index is 0. The summed E-state index contributed by atoms with van der Waals surface area (Å²) in [4.78, 5) is 8.86. The molecule has 27 heavy (non-hydrogen) atoms. The van der Waals surface area contributed by atoms with E-state index in [4.69, 9.17) is 15.6 Å². The van der Waals surface area contributed by atoms with Gasteiger partial charge >= 0.3 is 0 Å². The van der Waals surface area contributed by atoms with Crippen LogP contribution in [-0.2, 0) is 13.0 Å². The van der Waals surface area contributed by atoms with E-state index in [0.29, 0.717) is 12.4 Å². The maximum atomic E-state index is 5.56. The van der Waals surface area contributed by atoms with Crippen LogP contribution >= 0.6 is 24.0 Å². The Morgan fingerprint density at radius 1 is 1.26 bits per heavy atom. The van der Waals surface area contributed by atoms with Gasteiger partial charge in [-0.1, -0.05) is 18.1 Å². The van der Waals surface area contributed by atoms with Gasteiger partial charge < -0.3 is 19.8 Å². The van der Waals surface area contributed by atoms with Gasteiger partial charge in [0.15, 0.2) is 5.96 Å². The van der Waals surface area contributed by atoms with Crippen LogP contribution < -0.4 is 15.4 Å². The van der Waals surface area contributed by atoms with Crippen molar-refractivity contribution in [2.45, 2.75) is 33.7 Å². The number of oxazole rings is 1. The molecule has 0 aliphatic carbocycles. The second kappa shape index (κ2) is 12.2. The summed E-state index contributed by atoms with van der Waals surface area (Å²) >= 11 is 0. The summed E-state index contributed by atoms with van der Waals surface area (Å²) in [5.41, 5.74) is 2.11. The lowest BCUT2D eigenvalue weighted by atomic mass is 10.1. The van der Waals surface area contributed by atoms with Crippen molar-refractivity contribution in [3.05, 3.63) is 47.2 Å². The average molecular weight is 482 g/mol. The maximum absolute atomic E-state index is 5.56. The fourth-order valence-electron chi connectivity index (χ4n) is 2.30. The van der Waals surface area contributed by atoms with E-state index in [9.17, 15) is 0 Å². The van der Waals surface area contributed by atoms with Crippen molar-refractivity contribution < 1.29 is 9.15 Å². The maximum Gasteiger partial charge on any atom is 0.216 e. The first kappa shape index (κ1) is 22.8. The Kier molecular flexibility index (Phi) is 10.3. The number of aryl methyl sites for hydroxylation is 2. The van der Waals surface area contributed by atoms with Gasteiger partial charge in [-0.3, -0.25) is 0 Å². The summed E-state index contributed by atoms with van der Waals surface area (Å²) in [6.45, 7) is 8.11. The van der Waals surface area contributed by atoms with E-state index in [1.807, 2.05) is 45.0 Å². The molecule has 2 aromatic rings. The number of terminal acetylenes is 1. The van der Waals surface area contributed by atoms with Crippen molar-refractivity contribution in [1.29, 1.82) is 0 Å². The van der Waals surface area contributed by atoms with E-state index in [2.05, 4.69) is 26.5 Å². The van der Waals surface area contributed by atoms with Crippen molar-refractivity contribution in [2.24, 2.45) is 4.99 Å². The lowest BCUT2D eigenvalue weighted by Gasteiger charge is -2.11. The molecule has 0 aliphatic heterocycles. The number of ether oxygens (including phenoxy) is 1. The average Bonchev–Trinajstić information content (AvgIpc) is 2.97. The summed E-state index contributed by atoms with van der Waals surface area (Å²) < 4.78 is 10.9. The molecule has 0 bridgehead atoms. The monoisotopic (exact) mass is 482 g/mol. The van der Waals surface area contributed by atoms with Crippen molar-refractivity contribution >= 4 is 29.9 Å². The Morgan fingerprint density at radius 2 is 2.00 bits per heavy atom. The molecule has 0 saturated carbocycles. The van der Waals surface area contributed by atoms with Crippen LogP contribution in [0, 0.1) is 26.2 Å². The normalized spacial score (nSPS) is 10.7. The molecular weight excluding hydrogens is 455 g/mol. The number of hydrogen-bond acceptors (Lipinski definition) is 4. The summed E-state index contributed by atoms with van der Waals surface area (Å²) in [6, 6.07) is 7.93. The molecule has 1 aromatic carbocycles. The zero-order chi connectivity index (χ0) is 18.8. The molecule has 0 aliphatic rings. The Bertz CT molecular complexity index is 744. The molecular formula is C20H27IN4O2. The molecule has 7 heteroatoms. The van der Waals surface area contributed by atoms with E-state index < -0.39 is 0 Å². The summed E-state index contributed by atoms with van der Waals surface area (Å²) in [7, 11) is 0. The largest absolute Gasteiger partial charge is 0.481 e. The predicted octanol–water partition coefficient (Wildman–Crippen LogP) is 3.22. The van der Waals surface area contributed by atoms with E-state index in [1.165, 1.54) is 5.56 Å². The molecule has 0 atom stereocenters. The Labute approximate surface area is 178 Å². The van der Waals surface area contributed by atoms with E-state index in [0.717, 1.165) is 42.7 Å². The van der Waals surface area contributed by atoms with Crippen LogP contribution in [0.2, 0.25) is 0 Å². The highest BCUT2D eigenvalue weighted by molar-refractivity contribution is 14.0. The number of hydrogen-bond donors (Lipinski definition) is 2. The number of aromatic nitrogens is 1. The van der Waals surface area contributed by atoms with Gasteiger partial charge in [-0.2, -0.15) is 0 Å². The summed E-state index contributed by atoms with van der Waals surface area (Å²) in [5, 5.41) is 6.54. The molecule has 0 saturated heterocycles. The standard InChI is InChI=1S/C20H26N4O2.HI/c1-5-13-25-18-9-7-17(8-10-18)11-12-22-20(21-6-2)23-14-19-24-15(3)16(4)26-19;/h1,7-10H,6,11-14H2,2-4H3,(H2,21,22,23);1H. The van der Waals surface area contributed by atoms with Gasteiger partial charge in [0, 0.05) is 13.1 Å². The highest BCUT2D eigenvalue weighted by atomic mass is 127. The van der Waals surface area contributed by atoms with Gasteiger partial charge in [0.1, 0.15) is 24.7 Å². The first-order valence-corrected chi connectivity index (χ1v) is 8.72. The molecule has 0 fully saturated rings. The minimum atomic E-state index is 0. The van der Waals surface area contributed by atoms with Crippen LogP contribution in [-0.4, -0.2) is 30.6 Å². The Balaban J connectivity index is 0.00000364. The molecule has 2 rings (SSSR count). The number of nitrogens with one attached hydrogen (secondary N) is 2. The molecule has 0 amide bonds. The minimum Gasteiger partial charge on any atom is -0.481 e. The number of aliphatic imine (C=N–C) groups is 1. The number of benzene rings is 1. The van der Waals surface area contributed by atoms with E-state index >= 15 is 0 Å². The van der Waals surface area contributed by atoms with E-state index in [1.54, 1.807) is 0 Å². The van der Waals surface area contributed by atoms with Gasteiger partial charge in [0.25, 0.3) is 0 Å². The highest BCUT2D eigenvalue weighted by Crippen LogP contribution is 2.12. The predicted molar refractivity (Wildman–Crippen MR) is 119 cm³/mol. The first-order valence-electron chi connectivity index (χ1n) is 8.72. The van der Waals surface area contributed by atoms with Crippen molar-refractivity contribution in [3.63, 3.8) is 0 Å². The van der Waals surface area contributed by atoms with Gasteiger partial charge in [0.2, 0.25) is 5.89 Å². The lowest BCUT2D eigenvalue weighted by molar-refractivity contribution is 0.370. The number of rotatable bonds is 8. The van der Waals surface area contributed by atoms with Crippen molar-refractivity contribution in [3.8, 4) is 18.1 Å². The van der Waals surface area contributed by atoms with E-state index in [-0.39, 0.29) is 30.6 Å². The third kappa shape index (κ3) is 7.91. The molecule has 6 nitrogen and oxygen atoms in total. The van der Waals surface area contributed by atoms with Crippen molar-refractivity contribution in [1.82, 2.24) is 15.6 Å². The Hall–Kier alpha value is -2.21. The van der Waals surface area contributed by atoms with Crippen LogP contribution in [0.15, 0.2) is 33.7 Å². The van der Waals surface area contributed by atoms with Crippen LogP contribution in [0.25, 0.3) is 0 Å². The second-order valence-electron chi connectivity index (χ2n) is 5.76. The third-order valence-electron chi connectivity index (χ3n) is 3.74. The zero-order valence-corrected chi connectivity index (χ0v) is 18.4. The van der Waals surface area contributed by atoms with Crippen LogP contribution in [0.1, 0.15) is 29.8 Å². The third-order valence-corrected chi connectivity index (χ3v) is 3.74. The van der Waals surface area contributed by atoms with Gasteiger partial charge in [-0.25, -0.2) is 9.98 Å². The molecule has 146 valence electrons. The molecule has 0 radical (unpaired) electrons. The number of nitrogens with zero attached hydrogens (tertiary/aromatic N) is 2. The number of halogens is 1. The molecule has 1 aromatic heterocycles. The van der Waals surface area contributed by atoms with Crippen LogP contribution in [0.4, 0.5) is 0 Å². The molecule has 0 spiro atoms. The number of guanidine groups is 1. The molecule has 0 unspecified atom stereocenters. The van der Waals surface area contributed by atoms with Crippen LogP contribution in [0.5, 0.6) is 5.75 Å². The fourth-order valence-corrected chi connectivity index (χ4v) is 2.30. The molecule has 2 N–H and O–H groups in total. The van der Waals surface area contributed by atoms with Crippen molar-refractivity contribution in [2.75, 3.05) is 19.7 Å². The van der Waals surface area contributed by atoms with Gasteiger partial charge in [0.05, 0.1) is 5.69 Å². The first-order chi connectivity index (χ1) is 12.6. The summed E-state index contributed by atoms with van der Waals surface area (Å²) in [6.07, 6.45) is 6.06. The quantitative estimate of drug-likeness (QED) is 0.262. The zero-order valence-electron chi connectivity index (χ0n) is 16.0. The SMILES string of the molecule is C#CCOc1ccc(CCNC(=NCc2nc(C)c(C)o2)NCC)cc1.I. The smallest absolute Gasteiger partial charge is 0.216 e. The second-order valence-corrected chi connectivity index (χ2v) is 5.76. The van der Waals surface area contributed by atoms with Crippen LogP contribution in [0.3, 0.4) is 0 Å². The Morgan fingerprint density at radius 3 is 2.59 bits per heavy atom. The van der Waals surface area contributed by atoms with Gasteiger partial charge in [-0.05, 0) is 44.9 Å². The fraction of sp³-hybridized carbons (Fsp3) is 0.400. The highest BCUT2D eigenvalue weighted by Gasteiger charge is 2.05.